The van der Waals surface area contributed by atoms with Crippen LogP contribution in [0.25, 0.3) is 0 Å². The molecule has 1 N–H and O–H groups in total. The zero-order valence-electron chi connectivity index (χ0n) is 9.73. The Morgan fingerprint density at radius 1 is 1.33 bits per heavy atom. The van der Waals surface area contributed by atoms with Crippen LogP contribution in [0.2, 0.25) is 0 Å². The number of rotatable bonds is 6. The minimum absolute atomic E-state index is 0.280. The summed E-state index contributed by atoms with van der Waals surface area (Å²) in [5.74, 6) is 0. The van der Waals surface area contributed by atoms with E-state index in [9.17, 15) is 0 Å². The number of nitrogens with zero attached hydrogens (tertiary/aromatic N) is 1. The van der Waals surface area contributed by atoms with Crippen LogP contribution in [-0.2, 0) is 4.74 Å². The maximum absolute atomic E-state index is 5.45. The smallest absolute Gasteiger partial charge is 0.0594 e. The summed E-state index contributed by atoms with van der Waals surface area (Å²) >= 11 is 0. The second-order valence-corrected chi connectivity index (χ2v) is 3.85. The topological polar surface area (TPSA) is 34.1 Å². The van der Waals surface area contributed by atoms with Crippen LogP contribution in [0.3, 0.4) is 0 Å². The molecule has 15 heavy (non-hydrogen) atoms. The van der Waals surface area contributed by atoms with Gasteiger partial charge >= 0.3 is 0 Å². The first kappa shape index (κ1) is 12.1. The molecule has 0 amide bonds. The highest BCUT2D eigenvalue weighted by atomic mass is 16.5. The van der Waals surface area contributed by atoms with Gasteiger partial charge < -0.3 is 10.1 Å². The standard InChI is InChI=1S/C12H20N2O/c1-10(2)15-9-8-13-11(3)12-6-4-5-7-14-12/h4-7,10-11,13H,8-9H2,1-3H3/t11-/m1/s1. The van der Waals surface area contributed by atoms with Gasteiger partial charge in [0.15, 0.2) is 0 Å². The van der Waals surface area contributed by atoms with Crippen LogP contribution in [0.4, 0.5) is 0 Å². The number of hydrogen-bond acceptors (Lipinski definition) is 3. The zero-order valence-corrected chi connectivity index (χ0v) is 9.73. The van der Waals surface area contributed by atoms with E-state index in [1.807, 2.05) is 38.2 Å². The van der Waals surface area contributed by atoms with Crippen molar-refractivity contribution in [2.75, 3.05) is 13.2 Å². The van der Waals surface area contributed by atoms with E-state index in [-0.39, 0.29) is 6.04 Å². The summed E-state index contributed by atoms with van der Waals surface area (Å²) < 4.78 is 5.45. The molecule has 0 aliphatic carbocycles. The highest BCUT2D eigenvalue weighted by Gasteiger charge is 2.04. The van der Waals surface area contributed by atoms with E-state index in [1.165, 1.54) is 0 Å². The molecule has 3 nitrogen and oxygen atoms in total. The summed E-state index contributed by atoms with van der Waals surface area (Å²) in [6.45, 7) is 7.80. The highest BCUT2D eigenvalue weighted by Crippen LogP contribution is 2.06. The molecule has 1 heterocycles. The third-order valence-corrected chi connectivity index (χ3v) is 2.14. The van der Waals surface area contributed by atoms with Gasteiger partial charge in [-0.2, -0.15) is 0 Å². The second-order valence-electron chi connectivity index (χ2n) is 3.85. The Labute approximate surface area is 91.9 Å². The Kier molecular flexibility index (Phi) is 5.29. The molecule has 0 spiro atoms. The second kappa shape index (κ2) is 6.53. The average Bonchev–Trinajstić information content (AvgIpc) is 2.25. The van der Waals surface area contributed by atoms with Crippen molar-refractivity contribution in [3.63, 3.8) is 0 Å². The fraction of sp³-hybridized carbons (Fsp3) is 0.583. The van der Waals surface area contributed by atoms with Crippen LogP contribution in [0, 0.1) is 0 Å². The van der Waals surface area contributed by atoms with Crippen LogP contribution >= 0.6 is 0 Å². The van der Waals surface area contributed by atoms with Crippen molar-refractivity contribution in [1.82, 2.24) is 10.3 Å². The van der Waals surface area contributed by atoms with E-state index < -0.39 is 0 Å². The third-order valence-electron chi connectivity index (χ3n) is 2.14. The molecule has 0 saturated carbocycles. The lowest BCUT2D eigenvalue weighted by atomic mass is 10.2. The highest BCUT2D eigenvalue weighted by molar-refractivity contribution is 5.07. The van der Waals surface area contributed by atoms with Crippen LogP contribution in [0.5, 0.6) is 0 Å². The molecule has 0 saturated heterocycles. The Balaban J connectivity index is 2.22. The summed E-state index contributed by atoms with van der Waals surface area (Å²) in [6, 6.07) is 6.24. The molecule has 0 aromatic carbocycles. The van der Waals surface area contributed by atoms with Crippen molar-refractivity contribution in [1.29, 1.82) is 0 Å². The molecule has 84 valence electrons. The number of nitrogens with one attached hydrogen (secondary N) is 1. The van der Waals surface area contributed by atoms with Gasteiger partial charge in [0, 0.05) is 18.8 Å². The Morgan fingerprint density at radius 2 is 2.13 bits per heavy atom. The molecule has 3 heteroatoms. The number of pyridine rings is 1. The normalized spacial score (nSPS) is 13.1. The molecule has 0 fully saturated rings. The maximum Gasteiger partial charge on any atom is 0.0594 e. The lowest BCUT2D eigenvalue weighted by Gasteiger charge is -2.14. The van der Waals surface area contributed by atoms with Gasteiger partial charge in [0.05, 0.1) is 18.4 Å². The molecule has 1 atom stereocenters. The fourth-order valence-electron chi connectivity index (χ4n) is 1.31. The molecular weight excluding hydrogens is 188 g/mol. The Bertz CT molecular complexity index is 262. The van der Waals surface area contributed by atoms with E-state index in [0.29, 0.717) is 6.10 Å². The summed E-state index contributed by atoms with van der Waals surface area (Å²) in [5.41, 5.74) is 1.07. The molecule has 0 aliphatic rings. The molecule has 0 unspecified atom stereocenters. The number of aromatic nitrogens is 1. The van der Waals surface area contributed by atoms with Gasteiger partial charge in [0.25, 0.3) is 0 Å². The molecule has 0 bridgehead atoms. The first-order valence-electron chi connectivity index (χ1n) is 5.46. The lowest BCUT2D eigenvalue weighted by molar-refractivity contribution is 0.0795. The first-order valence-corrected chi connectivity index (χ1v) is 5.46. The molecule has 0 aliphatic heterocycles. The first-order chi connectivity index (χ1) is 7.20. The quantitative estimate of drug-likeness (QED) is 0.727. The minimum atomic E-state index is 0.280. The maximum atomic E-state index is 5.45. The summed E-state index contributed by atoms with van der Waals surface area (Å²) in [4.78, 5) is 4.29. The van der Waals surface area contributed by atoms with Gasteiger partial charge in [-0.05, 0) is 32.9 Å². The van der Waals surface area contributed by atoms with E-state index in [1.54, 1.807) is 0 Å². The van der Waals surface area contributed by atoms with Crippen molar-refractivity contribution in [3.8, 4) is 0 Å². The molecular formula is C12H20N2O. The fourth-order valence-corrected chi connectivity index (χ4v) is 1.31. The molecule has 1 aromatic heterocycles. The molecule has 1 aromatic rings. The monoisotopic (exact) mass is 208 g/mol. The molecule has 1 rings (SSSR count). The van der Waals surface area contributed by atoms with Crippen molar-refractivity contribution in [2.24, 2.45) is 0 Å². The van der Waals surface area contributed by atoms with E-state index in [4.69, 9.17) is 4.74 Å². The summed E-state index contributed by atoms with van der Waals surface area (Å²) in [6.07, 6.45) is 2.12. The zero-order chi connectivity index (χ0) is 11.1. The summed E-state index contributed by atoms with van der Waals surface area (Å²) in [7, 11) is 0. The van der Waals surface area contributed by atoms with Crippen molar-refractivity contribution in [2.45, 2.75) is 32.9 Å². The molecule has 0 radical (unpaired) electrons. The van der Waals surface area contributed by atoms with Gasteiger partial charge in [-0.3, -0.25) is 4.98 Å². The van der Waals surface area contributed by atoms with Gasteiger partial charge in [0.1, 0.15) is 0 Å². The Hall–Kier alpha value is -0.930. The Morgan fingerprint density at radius 3 is 2.73 bits per heavy atom. The van der Waals surface area contributed by atoms with Crippen LogP contribution < -0.4 is 5.32 Å². The van der Waals surface area contributed by atoms with Crippen LogP contribution in [-0.4, -0.2) is 24.2 Å². The number of ether oxygens (including phenoxy) is 1. The van der Waals surface area contributed by atoms with Gasteiger partial charge in [-0.25, -0.2) is 0 Å². The number of hydrogen-bond donors (Lipinski definition) is 1. The van der Waals surface area contributed by atoms with E-state index in [2.05, 4.69) is 17.2 Å². The van der Waals surface area contributed by atoms with Crippen molar-refractivity contribution < 1.29 is 4.74 Å². The summed E-state index contributed by atoms with van der Waals surface area (Å²) in [5, 5.41) is 3.37. The van der Waals surface area contributed by atoms with E-state index >= 15 is 0 Å². The lowest BCUT2D eigenvalue weighted by Crippen LogP contribution is -2.24. The van der Waals surface area contributed by atoms with Gasteiger partial charge in [0.2, 0.25) is 0 Å². The van der Waals surface area contributed by atoms with Crippen molar-refractivity contribution >= 4 is 0 Å². The predicted molar refractivity (Wildman–Crippen MR) is 61.7 cm³/mol. The predicted octanol–water partition coefficient (Wildman–Crippen LogP) is 2.16. The van der Waals surface area contributed by atoms with Crippen molar-refractivity contribution in [3.05, 3.63) is 30.1 Å². The average molecular weight is 208 g/mol. The van der Waals surface area contributed by atoms with Gasteiger partial charge in [-0.15, -0.1) is 0 Å². The SMILES string of the molecule is CC(C)OCCN[C@H](C)c1ccccn1. The third kappa shape index (κ3) is 4.91. The minimum Gasteiger partial charge on any atom is -0.377 e. The van der Waals surface area contributed by atoms with Crippen LogP contribution in [0.15, 0.2) is 24.4 Å². The largest absolute Gasteiger partial charge is 0.377 e. The van der Waals surface area contributed by atoms with Crippen LogP contribution in [0.1, 0.15) is 32.5 Å². The van der Waals surface area contributed by atoms with Gasteiger partial charge in [-0.1, -0.05) is 6.07 Å². The van der Waals surface area contributed by atoms with E-state index in [0.717, 1.165) is 18.8 Å².